The van der Waals surface area contributed by atoms with Crippen LogP contribution in [0.15, 0.2) is 18.2 Å². The van der Waals surface area contributed by atoms with Gasteiger partial charge in [-0.25, -0.2) is 4.68 Å². The van der Waals surface area contributed by atoms with E-state index in [0.29, 0.717) is 28.8 Å². The molecule has 1 unspecified atom stereocenters. The summed E-state index contributed by atoms with van der Waals surface area (Å²) < 4.78 is 24.3. The van der Waals surface area contributed by atoms with Gasteiger partial charge in [-0.05, 0) is 38.5 Å². The lowest BCUT2D eigenvalue weighted by atomic mass is 10.1. The monoisotopic (exact) mass is 391 g/mol. The Labute approximate surface area is 161 Å². The molecule has 1 amide bonds. The minimum atomic E-state index is -0.952. The van der Waals surface area contributed by atoms with Crippen molar-refractivity contribution in [3.05, 3.63) is 35.0 Å². The molecule has 1 aromatic carbocycles. The molecule has 2 aromatic rings. The molecule has 1 aliphatic heterocycles. The SMILES string of the molecule is COc1ccc(CC(=O)Nc2c3c(nn2C(C)(C)C)CS(=O)C3)cc1OC. The van der Waals surface area contributed by atoms with E-state index in [2.05, 4.69) is 10.4 Å². The fourth-order valence-electron chi connectivity index (χ4n) is 3.09. The van der Waals surface area contributed by atoms with Crippen LogP contribution in [0, 0.1) is 0 Å². The molecular formula is C19H25N3O4S. The van der Waals surface area contributed by atoms with Gasteiger partial charge in [0.2, 0.25) is 5.91 Å². The highest BCUT2D eigenvalue weighted by atomic mass is 32.2. The van der Waals surface area contributed by atoms with Crippen molar-refractivity contribution in [2.75, 3.05) is 19.5 Å². The summed E-state index contributed by atoms with van der Waals surface area (Å²) in [6, 6.07) is 5.40. The first-order valence-electron chi connectivity index (χ1n) is 8.70. The molecule has 146 valence electrons. The normalized spacial score (nSPS) is 16.1. The maximum Gasteiger partial charge on any atom is 0.229 e. The largest absolute Gasteiger partial charge is 0.493 e. The summed E-state index contributed by atoms with van der Waals surface area (Å²) in [4.78, 5) is 12.7. The summed E-state index contributed by atoms with van der Waals surface area (Å²) in [5.74, 6) is 2.56. The molecule has 0 saturated heterocycles. The van der Waals surface area contributed by atoms with E-state index in [1.807, 2.05) is 31.5 Å². The van der Waals surface area contributed by atoms with Crippen LogP contribution in [-0.4, -0.2) is 34.1 Å². The molecule has 0 aliphatic carbocycles. The molecule has 1 atom stereocenters. The number of nitrogens with zero attached hydrogens (tertiary/aromatic N) is 2. The standard InChI is InChI=1S/C19H25N3O4S/c1-19(2,3)22-18(13-10-27(24)11-14(13)21-22)20-17(23)9-12-6-7-15(25-4)16(8-12)26-5/h6-8H,9-11H2,1-5H3,(H,20,23). The Bertz CT molecular complexity index is 899. The number of rotatable bonds is 5. The van der Waals surface area contributed by atoms with Gasteiger partial charge in [0.15, 0.2) is 11.5 Å². The van der Waals surface area contributed by atoms with Crippen LogP contribution < -0.4 is 14.8 Å². The Hall–Kier alpha value is -2.35. The lowest BCUT2D eigenvalue weighted by Crippen LogP contribution is -2.28. The van der Waals surface area contributed by atoms with Crippen LogP contribution in [0.3, 0.4) is 0 Å². The lowest BCUT2D eigenvalue weighted by Gasteiger charge is -2.23. The van der Waals surface area contributed by atoms with E-state index in [0.717, 1.165) is 16.8 Å². The molecular weight excluding hydrogens is 366 g/mol. The first-order chi connectivity index (χ1) is 12.7. The van der Waals surface area contributed by atoms with Gasteiger partial charge in [-0.15, -0.1) is 0 Å². The van der Waals surface area contributed by atoms with Crippen LogP contribution in [-0.2, 0) is 39.1 Å². The van der Waals surface area contributed by atoms with E-state index in [-0.39, 0.29) is 17.9 Å². The number of fused-ring (bicyclic) bond motifs is 1. The van der Waals surface area contributed by atoms with Gasteiger partial charge in [0.05, 0.1) is 43.4 Å². The number of anilines is 1. The molecule has 1 N–H and O–H groups in total. The molecule has 1 aliphatic rings. The van der Waals surface area contributed by atoms with E-state index in [1.165, 1.54) is 0 Å². The number of carbonyl (C=O) groups is 1. The van der Waals surface area contributed by atoms with Gasteiger partial charge in [0.25, 0.3) is 0 Å². The van der Waals surface area contributed by atoms with Gasteiger partial charge < -0.3 is 14.8 Å². The predicted molar refractivity (Wildman–Crippen MR) is 105 cm³/mol. The highest BCUT2D eigenvalue weighted by molar-refractivity contribution is 7.83. The van der Waals surface area contributed by atoms with Gasteiger partial charge in [-0.1, -0.05) is 6.07 Å². The highest BCUT2D eigenvalue weighted by Crippen LogP contribution is 2.33. The van der Waals surface area contributed by atoms with Crippen molar-refractivity contribution in [1.82, 2.24) is 9.78 Å². The molecule has 27 heavy (non-hydrogen) atoms. The van der Waals surface area contributed by atoms with Crippen molar-refractivity contribution in [1.29, 1.82) is 0 Å². The highest BCUT2D eigenvalue weighted by Gasteiger charge is 2.31. The third kappa shape index (κ3) is 4.00. The van der Waals surface area contributed by atoms with Crippen LogP contribution in [0.4, 0.5) is 5.82 Å². The second-order valence-corrected chi connectivity index (χ2v) is 8.96. The topological polar surface area (TPSA) is 82.5 Å². The molecule has 7 nitrogen and oxygen atoms in total. The zero-order valence-corrected chi connectivity index (χ0v) is 17.1. The molecule has 0 spiro atoms. The average molecular weight is 391 g/mol. The number of ether oxygens (including phenoxy) is 2. The first-order valence-corrected chi connectivity index (χ1v) is 10.2. The minimum absolute atomic E-state index is 0.159. The fraction of sp³-hybridized carbons (Fsp3) is 0.474. The quantitative estimate of drug-likeness (QED) is 0.847. The fourth-order valence-corrected chi connectivity index (χ4v) is 4.36. The summed E-state index contributed by atoms with van der Waals surface area (Å²) in [6.07, 6.45) is 0.188. The summed E-state index contributed by atoms with van der Waals surface area (Å²) in [6.45, 7) is 6.07. The van der Waals surface area contributed by atoms with Gasteiger partial charge in [0, 0.05) is 16.4 Å². The molecule has 0 bridgehead atoms. The predicted octanol–water partition coefficient (Wildman–Crippen LogP) is 2.60. The van der Waals surface area contributed by atoms with Crippen LogP contribution in [0.1, 0.15) is 37.6 Å². The Kier molecular flexibility index (Phi) is 5.28. The minimum Gasteiger partial charge on any atom is -0.493 e. The van der Waals surface area contributed by atoms with Crippen molar-refractivity contribution in [2.24, 2.45) is 0 Å². The maximum atomic E-state index is 12.7. The van der Waals surface area contributed by atoms with Crippen LogP contribution in [0.5, 0.6) is 11.5 Å². The Morgan fingerprint density at radius 3 is 2.56 bits per heavy atom. The second kappa shape index (κ2) is 7.34. The van der Waals surface area contributed by atoms with E-state index < -0.39 is 10.8 Å². The van der Waals surface area contributed by atoms with Crippen molar-refractivity contribution < 1.29 is 18.5 Å². The van der Waals surface area contributed by atoms with Gasteiger partial charge in [0.1, 0.15) is 5.82 Å². The molecule has 8 heteroatoms. The molecule has 0 saturated carbocycles. The molecule has 0 fully saturated rings. The number of methoxy groups -OCH3 is 2. The van der Waals surface area contributed by atoms with Crippen molar-refractivity contribution in [3.63, 3.8) is 0 Å². The van der Waals surface area contributed by atoms with E-state index in [9.17, 15) is 9.00 Å². The summed E-state index contributed by atoms with van der Waals surface area (Å²) in [7, 11) is 2.18. The molecule has 2 heterocycles. The Balaban J connectivity index is 1.84. The summed E-state index contributed by atoms with van der Waals surface area (Å²) in [5.41, 5.74) is 2.21. The van der Waals surface area contributed by atoms with E-state index in [4.69, 9.17) is 9.47 Å². The smallest absolute Gasteiger partial charge is 0.229 e. The van der Waals surface area contributed by atoms with Crippen LogP contribution in [0.25, 0.3) is 0 Å². The number of carbonyl (C=O) groups excluding carboxylic acids is 1. The van der Waals surface area contributed by atoms with Crippen molar-refractivity contribution in [3.8, 4) is 11.5 Å². The number of hydrogen-bond acceptors (Lipinski definition) is 5. The Morgan fingerprint density at radius 2 is 1.93 bits per heavy atom. The zero-order valence-electron chi connectivity index (χ0n) is 16.3. The third-order valence-corrected chi connectivity index (χ3v) is 5.58. The van der Waals surface area contributed by atoms with Gasteiger partial charge in [-0.2, -0.15) is 5.10 Å². The summed E-state index contributed by atoms with van der Waals surface area (Å²) in [5, 5.41) is 7.58. The van der Waals surface area contributed by atoms with Crippen LogP contribution >= 0.6 is 0 Å². The Morgan fingerprint density at radius 1 is 1.22 bits per heavy atom. The van der Waals surface area contributed by atoms with Crippen molar-refractivity contribution >= 4 is 22.5 Å². The molecule has 0 radical (unpaired) electrons. The average Bonchev–Trinajstić information content (AvgIpc) is 3.11. The third-order valence-electron chi connectivity index (χ3n) is 4.38. The molecule has 1 aromatic heterocycles. The number of aromatic nitrogens is 2. The summed E-state index contributed by atoms with van der Waals surface area (Å²) >= 11 is 0. The van der Waals surface area contributed by atoms with Crippen molar-refractivity contribution in [2.45, 2.75) is 44.2 Å². The van der Waals surface area contributed by atoms with Gasteiger partial charge >= 0.3 is 0 Å². The number of benzene rings is 1. The van der Waals surface area contributed by atoms with Gasteiger partial charge in [-0.3, -0.25) is 9.00 Å². The first kappa shape index (κ1) is 19.4. The van der Waals surface area contributed by atoms with E-state index >= 15 is 0 Å². The second-order valence-electron chi connectivity index (χ2n) is 7.50. The number of nitrogens with one attached hydrogen (secondary N) is 1. The number of amides is 1. The van der Waals surface area contributed by atoms with E-state index in [1.54, 1.807) is 26.4 Å². The van der Waals surface area contributed by atoms with Crippen LogP contribution in [0.2, 0.25) is 0 Å². The maximum absolute atomic E-state index is 12.7. The lowest BCUT2D eigenvalue weighted by molar-refractivity contribution is -0.115. The molecule has 3 rings (SSSR count). The number of hydrogen-bond donors (Lipinski definition) is 1. The zero-order chi connectivity index (χ0) is 19.8.